The Morgan fingerprint density at radius 3 is 2.39 bits per heavy atom. The number of nitrogens with zero attached hydrogens (tertiary/aromatic N) is 5. The molecular weight excluding hydrogens is 388 g/mol. The van der Waals surface area contributed by atoms with Gasteiger partial charge in [-0.25, -0.2) is 9.97 Å². The number of benzene rings is 1. The highest BCUT2D eigenvalue weighted by atomic mass is 16.2. The van der Waals surface area contributed by atoms with Crippen LogP contribution < -0.4 is 15.1 Å². The maximum absolute atomic E-state index is 12.8. The van der Waals surface area contributed by atoms with E-state index in [1.54, 1.807) is 4.90 Å². The molecule has 1 amide bonds. The molecule has 7 nitrogen and oxygen atoms in total. The zero-order chi connectivity index (χ0) is 22.4. The highest BCUT2D eigenvalue weighted by Gasteiger charge is 2.20. The van der Waals surface area contributed by atoms with Crippen LogP contribution in [-0.2, 0) is 17.8 Å². The van der Waals surface area contributed by atoms with Crippen molar-refractivity contribution in [2.45, 2.75) is 44.7 Å². The Kier molecular flexibility index (Phi) is 7.85. The normalized spacial score (nSPS) is 16.1. The first-order chi connectivity index (χ1) is 14.8. The molecule has 31 heavy (non-hydrogen) atoms. The van der Waals surface area contributed by atoms with Crippen molar-refractivity contribution in [3.05, 3.63) is 47.4 Å². The van der Waals surface area contributed by atoms with Crippen LogP contribution in [0, 0.1) is 0 Å². The predicted octanol–water partition coefficient (Wildman–Crippen LogP) is 3.01. The summed E-state index contributed by atoms with van der Waals surface area (Å²) in [5.74, 6) is 1.84. The summed E-state index contributed by atoms with van der Waals surface area (Å²) in [5, 5.41) is 3.53. The highest BCUT2D eigenvalue weighted by Crippen LogP contribution is 2.23. The Morgan fingerprint density at radius 2 is 1.77 bits per heavy atom. The van der Waals surface area contributed by atoms with E-state index < -0.39 is 0 Å². The van der Waals surface area contributed by atoms with Crippen LogP contribution in [0.5, 0.6) is 0 Å². The third-order valence-electron chi connectivity index (χ3n) is 5.77. The lowest BCUT2D eigenvalue weighted by atomic mass is 10.0. The number of hydrogen-bond acceptors (Lipinski definition) is 6. The monoisotopic (exact) mass is 424 g/mol. The second-order valence-corrected chi connectivity index (χ2v) is 8.78. The molecule has 0 aliphatic carbocycles. The molecule has 1 aliphatic rings. The Labute approximate surface area is 186 Å². The number of piperidine rings is 1. The Hall–Kier alpha value is -2.67. The van der Waals surface area contributed by atoms with Gasteiger partial charge in [-0.05, 0) is 43.5 Å². The number of aryl methyl sites for hydroxylation is 1. The van der Waals surface area contributed by atoms with Gasteiger partial charge >= 0.3 is 0 Å². The van der Waals surface area contributed by atoms with Crippen LogP contribution in [0.4, 0.5) is 11.5 Å². The van der Waals surface area contributed by atoms with Crippen molar-refractivity contribution in [3.8, 4) is 0 Å². The zero-order valence-electron chi connectivity index (χ0n) is 19.6. The van der Waals surface area contributed by atoms with E-state index in [2.05, 4.69) is 34.5 Å². The lowest BCUT2D eigenvalue weighted by molar-refractivity contribution is -0.130. The summed E-state index contributed by atoms with van der Waals surface area (Å²) in [7, 11) is 9.88. The topological polar surface area (TPSA) is 64.6 Å². The molecule has 2 heterocycles. The van der Waals surface area contributed by atoms with Gasteiger partial charge in [-0.2, -0.15) is 0 Å². The number of carbonyl (C=O) groups is 1. The fourth-order valence-corrected chi connectivity index (χ4v) is 3.78. The summed E-state index contributed by atoms with van der Waals surface area (Å²) in [6.45, 7) is 1.49. The van der Waals surface area contributed by atoms with E-state index in [-0.39, 0.29) is 11.9 Å². The van der Waals surface area contributed by atoms with E-state index in [1.165, 1.54) is 18.4 Å². The van der Waals surface area contributed by atoms with E-state index in [0.29, 0.717) is 13.0 Å². The maximum Gasteiger partial charge on any atom is 0.222 e. The summed E-state index contributed by atoms with van der Waals surface area (Å²) < 4.78 is 0. The summed E-state index contributed by atoms with van der Waals surface area (Å²) in [6.07, 6.45) is 4.67. The molecule has 2 aromatic rings. The van der Waals surface area contributed by atoms with Gasteiger partial charge in [0.1, 0.15) is 11.6 Å². The van der Waals surface area contributed by atoms with Gasteiger partial charge in [-0.15, -0.1) is 0 Å². The number of hydrogen-bond donors (Lipinski definition) is 1. The second kappa shape index (κ2) is 10.6. The van der Waals surface area contributed by atoms with Gasteiger partial charge in [0.2, 0.25) is 5.91 Å². The Morgan fingerprint density at radius 1 is 1.03 bits per heavy atom. The largest absolute Gasteiger partial charge is 0.378 e. The van der Waals surface area contributed by atoms with E-state index >= 15 is 0 Å². The minimum absolute atomic E-state index is 0.124. The van der Waals surface area contributed by atoms with Crippen molar-refractivity contribution in [3.63, 3.8) is 0 Å². The van der Waals surface area contributed by atoms with Crippen LogP contribution >= 0.6 is 0 Å². The summed E-state index contributed by atoms with van der Waals surface area (Å²) in [5.41, 5.74) is 3.22. The van der Waals surface area contributed by atoms with Crippen LogP contribution in [0.25, 0.3) is 0 Å². The minimum Gasteiger partial charge on any atom is -0.378 e. The fourth-order valence-electron chi connectivity index (χ4n) is 3.78. The van der Waals surface area contributed by atoms with Crippen molar-refractivity contribution in [1.82, 2.24) is 20.2 Å². The number of anilines is 2. The van der Waals surface area contributed by atoms with Crippen LogP contribution in [0.15, 0.2) is 30.3 Å². The molecule has 1 atom stereocenters. The van der Waals surface area contributed by atoms with Gasteiger partial charge in [-0.1, -0.05) is 18.6 Å². The lowest BCUT2D eigenvalue weighted by Crippen LogP contribution is -2.30. The zero-order valence-corrected chi connectivity index (χ0v) is 19.6. The summed E-state index contributed by atoms with van der Waals surface area (Å²) in [6, 6.07) is 10.6. The molecule has 1 unspecified atom stereocenters. The molecule has 1 saturated heterocycles. The van der Waals surface area contributed by atoms with E-state index in [1.807, 2.05) is 46.2 Å². The van der Waals surface area contributed by atoms with E-state index in [9.17, 15) is 4.79 Å². The highest BCUT2D eigenvalue weighted by molar-refractivity contribution is 5.76. The third-order valence-corrected chi connectivity index (χ3v) is 5.77. The number of carbonyl (C=O) groups excluding carboxylic acids is 1. The second-order valence-electron chi connectivity index (χ2n) is 8.78. The number of aromatic nitrogens is 2. The van der Waals surface area contributed by atoms with Crippen molar-refractivity contribution in [2.75, 3.05) is 51.6 Å². The molecule has 0 bridgehead atoms. The summed E-state index contributed by atoms with van der Waals surface area (Å²) in [4.78, 5) is 28.2. The average molecular weight is 425 g/mol. The van der Waals surface area contributed by atoms with Crippen LogP contribution in [0.2, 0.25) is 0 Å². The van der Waals surface area contributed by atoms with Crippen molar-refractivity contribution < 1.29 is 4.79 Å². The molecule has 0 spiro atoms. The molecule has 1 aromatic carbocycles. The number of amides is 1. The first kappa shape index (κ1) is 23.0. The molecule has 1 N–H and O–H groups in total. The fraction of sp³-hybridized carbons (Fsp3) is 0.542. The predicted molar refractivity (Wildman–Crippen MR) is 127 cm³/mol. The molecule has 168 valence electrons. The average Bonchev–Trinajstić information content (AvgIpc) is 2.78. The molecule has 1 aliphatic heterocycles. The molecule has 7 heteroatoms. The van der Waals surface area contributed by atoms with Gasteiger partial charge < -0.3 is 20.0 Å². The van der Waals surface area contributed by atoms with Crippen LogP contribution in [0.1, 0.15) is 48.8 Å². The van der Waals surface area contributed by atoms with Gasteiger partial charge in [0.25, 0.3) is 0 Å². The lowest BCUT2D eigenvalue weighted by Gasteiger charge is -2.25. The number of rotatable bonds is 8. The Bertz CT molecular complexity index is 859. The molecule has 0 radical (unpaired) electrons. The van der Waals surface area contributed by atoms with Crippen molar-refractivity contribution in [2.24, 2.45) is 0 Å². The van der Waals surface area contributed by atoms with Gasteiger partial charge in [0.05, 0.1) is 18.3 Å². The maximum atomic E-state index is 12.8. The van der Waals surface area contributed by atoms with Gasteiger partial charge in [0.15, 0.2) is 0 Å². The van der Waals surface area contributed by atoms with E-state index in [0.717, 1.165) is 42.4 Å². The number of nitrogens with one attached hydrogen (secondary N) is 1. The first-order valence-corrected chi connectivity index (χ1v) is 11.1. The third kappa shape index (κ3) is 6.40. The molecule has 0 saturated carbocycles. The van der Waals surface area contributed by atoms with Crippen LogP contribution in [-0.4, -0.2) is 62.6 Å². The smallest absolute Gasteiger partial charge is 0.222 e. The van der Waals surface area contributed by atoms with E-state index in [4.69, 9.17) is 9.97 Å². The molecule has 1 aromatic heterocycles. The Balaban J connectivity index is 1.63. The van der Waals surface area contributed by atoms with Crippen LogP contribution in [0.3, 0.4) is 0 Å². The molecule has 1 fully saturated rings. The standard InChI is InChI=1S/C24H36N6O/c1-28(2)20-12-9-18(10-13-20)11-14-23(31)30(5)17-19-16-22(29(3)4)27-24(26-19)21-8-6-7-15-25-21/h9-10,12-13,16,21,25H,6-8,11,14-15,17H2,1-5H3. The van der Waals surface area contributed by atoms with Gasteiger partial charge in [-0.3, -0.25) is 4.79 Å². The SMILES string of the molecule is CN(Cc1cc(N(C)C)nc(C2CCCCN2)n1)C(=O)CCc1ccc(N(C)C)cc1. The summed E-state index contributed by atoms with van der Waals surface area (Å²) >= 11 is 0. The molecule has 3 rings (SSSR count). The van der Waals surface area contributed by atoms with Gasteiger partial charge in [0, 0.05) is 53.4 Å². The minimum atomic E-state index is 0.124. The van der Waals surface area contributed by atoms with Crippen molar-refractivity contribution in [1.29, 1.82) is 0 Å². The first-order valence-electron chi connectivity index (χ1n) is 11.1. The van der Waals surface area contributed by atoms with Crippen molar-refractivity contribution >= 4 is 17.4 Å². The quantitative estimate of drug-likeness (QED) is 0.703. The molecular formula is C24H36N6O.